The van der Waals surface area contributed by atoms with Gasteiger partial charge in [0.05, 0.1) is 6.04 Å². The van der Waals surface area contributed by atoms with Crippen molar-refractivity contribution in [2.45, 2.75) is 12.7 Å². The molecule has 2 rings (SSSR count). The van der Waals surface area contributed by atoms with Crippen molar-refractivity contribution in [3.05, 3.63) is 29.8 Å². The van der Waals surface area contributed by atoms with Crippen LogP contribution in [0, 0.1) is 0 Å². The fraction of sp³-hybridized carbons (Fsp3) is 0.538. The van der Waals surface area contributed by atoms with Gasteiger partial charge < -0.3 is 10.1 Å². The van der Waals surface area contributed by atoms with Gasteiger partial charge in [0.1, 0.15) is 12.4 Å². The average Bonchev–Trinajstić information content (AvgIpc) is 2.42. The first-order valence-electron chi connectivity index (χ1n) is 6.27. The third-order valence-corrected chi connectivity index (χ3v) is 3.23. The lowest BCUT2D eigenvalue weighted by Crippen LogP contribution is -2.45. The summed E-state index contributed by atoms with van der Waals surface area (Å²) in [5.41, 5.74) is 0.479. The molecule has 0 radical (unpaired) electrons. The molecule has 1 aromatic carbocycles. The van der Waals surface area contributed by atoms with Gasteiger partial charge in [-0.25, -0.2) is 4.39 Å². The second-order valence-corrected chi connectivity index (χ2v) is 4.37. The van der Waals surface area contributed by atoms with Gasteiger partial charge in [0.2, 0.25) is 0 Å². The van der Waals surface area contributed by atoms with Crippen molar-refractivity contribution in [2.24, 2.45) is 0 Å². The molecule has 0 saturated carbocycles. The van der Waals surface area contributed by atoms with Crippen molar-refractivity contribution in [3.63, 3.8) is 0 Å². The number of rotatable bonds is 5. The van der Waals surface area contributed by atoms with E-state index in [0.717, 1.165) is 13.1 Å². The zero-order valence-electron chi connectivity index (χ0n) is 11.3. The maximum atomic E-state index is 13.3. The van der Waals surface area contributed by atoms with Crippen LogP contribution in [0.15, 0.2) is 24.3 Å². The number of nitrogens with one attached hydrogen (secondary N) is 1. The van der Waals surface area contributed by atoms with E-state index >= 15 is 0 Å². The number of hydrogen-bond acceptors (Lipinski definition) is 3. The molecule has 1 heterocycles. The van der Waals surface area contributed by atoms with Gasteiger partial charge in [-0.3, -0.25) is 4.90 Å². The molecule has 1 atom stereocenters. The van der Waals surface area contributed by atoms with Crippen molar-refractivity contribution in [1.29, 1.82) is 0 Å². The van der Waals surface area contributed by atoms with Gasteiger partial charge in [-0.2, -0.15) is 8.78 Å². The van der Waals surface area contributed by atoms with E-state index in [0.29, 0.717) is 18.7 Å². The van der Waals surface area contributed by atoms with Crippen molar-refractivity contribution >= 4 is 24.8 Å². The Morgan fingerprint density at radius 3 is 2.33 bits per heavy atom. The number of nitrogens with zero attached hydrogens (tertiary/aromatic N) is 1. The van der Waals surface area contributed by atoms with Gasteiger partial charge in [-0.15, -0.1) is 24.8 Å². The van der Waals surface area contributed by atoms with E-state index in [9.17, 15) is 13.2 Å². The van der Waals surface area contributed by atoms with Crippen LogP contribution in [0.5, 0.6) is 5.75 Å². The summed E-state index contributed by atoms with van der Waals surface area (Å²) >= 11 is 0. The molecule has 0 aromatic heterocycles. The van der Waals surface area contributed by atoms with Crippen LogP contribution in [0.3, 0.4) is 0 Å². The highest BCUT2D eigenvalue weighted by Gasteiger charge is 2.25. The van der Waals surface area contributed by atoms with Crippen LogP contribution in [0.1, 0.15) is 11.6 Å². The highest BCUT2D eigenvalue weighted by molar-refractivity contribution is 5.85. The molecular formula is C13H19Cl2F3N2O. The lowest BCUT2D eigenvalue weighted by molar-refractivity contribution is -0.0514. The van der Waals surface area contributed by atoms with Crippen molar-refractivity contribution < 1.29 is 17.9 Å². The zero-order valence-corrected chi connectivity index (χ0v) is 12.9. The Balaban J connectivity index is 0.00000200. The smallest absolute Gasteiger partial charge is 0.387 e. The molecule has 1 N–H and O–H groups in total. The molecule has 3 nitrogen and oxygen atoms in total. The van der Waals surface area contributed by atoms with Crippen LogP contribution in [0.2, 0.25) is 0 Å². The molecule has 0 unspecified atom stereocenters. The molecule has 1 aromatic rings. The minimum Gasteiger partial charge on any atom is -0.434 e. The molecule has 122 valence electrons. The molecule has 21 heavy (non-hydrogen) atoms. The van der Waals surface area contributed by atoms with Crippen LogP contribution in [0.25, 0.3) is 0 Å². The summed E-state index contributed by atoms with van der Waals surface area (Å²) in [4.78, 5) is 1.95. The summed E-state index contributed by atoms with van der Waals surface area (Å²) in [6, 6.07) is 5.88. The van der Waals surface area contributed by atoms with Crippen molar-refractivity contribution in [1.82, 2.24) is 10.2 Å². The monoisotopic (exact) mass is 346 g/mol. The van der Waals surface area contributed by atoms with E-state index in [-0.39, 0.29) is 30.6 Å². The zero-order chi connectivity index (χ0) is 13.7. The van der Waals surface area contributed by atoms with Gasteiger partial charge >= 0.3 is 6.61 Å². The summed E-state index contributed by atoms with van der Waals surface area (Å²) in [6.45, 7) is -0.592. The molecular weight excluding hydrogens is 328 g/mol. The number of piperazine rings is 1. The molecule has 0 aliphatic carbocycles. The number of halogens is 5. The van der Waals surface area contributed by atoms with E-state index in [1.807, 2.05) is 4.90 Å². The Bertz CT molecular complexity index is 407. The largest absolute Gasteiger partial charge is 0.434 e. The fourth-order valence-corrected chi connectivity index (χ4v) is 2.33. The van der Waals surface area contributed by atoms with Crippen molar-refractivity contribution in [3.8, 4) is 5.75 Å². The Hall–Kier alpha value is -0.690. The lowest BCUT2D eigenvalue weighted by atomic mass is 10.0. The third kappa shape index (κ3) is 5.54. The predicted octanol–water partition coefficient (Wildman–Crippen LogP) is 3.05. The third-order valence-electron chi connectivity index (χ3n) is 3.23. The molecule has 0 spiro atoms. The van der Waals surface area contributed by atoms with Gasteiger partial charge in [-0.1, -0.05) is 18.2 Å². The van der Waals surface area contributed by atoms with Crippen LogP contribution in [-0.2, 0) is 0 Å². The number of benzene rings is 1. The second kappa shape index (κ2) is 10.1. The van der Waals surface area contributed by atoms with Gasteiger partial charge in [0, 0.05) is 31.7 Å². The van der Waals surface area contributed by atoms with E-state index in [1.54, 1.807) is 18.2 Å². The molecule has 0 bridgehead atoms. The van der Waals surface area contributed by atoms with E-state index in [2.05, 4.69) is 10.1 Å². The van der Waals surface area contributed by atoms with Crippen LogP contribution < -0.4 is 10.1 Å². The molecule has 0 amide bonds. The summed E-state index contributed by atoms with van der Waals surface area (Å²) in [5, 5.41) is 3.18. The predicted molar refractivity (Wildman–Crippen MR) is 80.7 cm³/mol. The Kier molecular flexibility index (Phi) is 9.77. The maximum absolute atomic E-state index is 13.3. The Morgan fingerprint density at radius 1 is 1.14 bits per heavy atom. The number of para-hydroxylation sites is 1. The summed E-state index contributed by atoms with van der Waals surface area (Å²) in [6.07, 6.45) is 0. The normalized spacial score (nSPS) is 16.8. The summed E-state index contributed by atoms with van der Waals surface area (Å²) in [7, 11) is 0. The lowest BCUT2D eigenvalue weighted by Gasteiger charge is -2.34. The van der Waals surface area contributed by atoms with E-state index in [1.165, 1.54) is 6.07 Å². The van der Waals surface area contributed by atoms with Crippen LogP contribution in [0.4, 0.5) is 13.2 Å². The molecule has 1 saturated heterocycles. The standard InChI is InChI=1S/C13H17F3N2O.2ClH/c14-9-11(18-7-5-17-6-8-18)10-3-1-2-4-12(10)19-13(15)16;;/h1-4,11,13,17H,5-9H2;2*1H/t11-;;/m0../s1. The second-order valence-electron chi connectivity index (χ2n) is 4.37. The van der Waals surface area contributed by atoms with Gasteiger partial charge in [0.25, 0.3) is 0 Å². The fourth-order valence-electron chi connectivity index (χ4n) is 2.33. The average molecular weight is 347 g/mol. The topological polar surface area (TPSA) is 24.5 Å². The van der Waals surface area contributed by atoms with E-state index < -0.39 is 19.3 Å². The summed E-state index contributed by atoms with van der Waals surface area (Å²) in [5.74, 6) is 0.0543. The highest BCUT2D eigenvalue weighted by Crippen LogP contribution is 2.31. The number of ether oxygens (including phenoxy) is 1. The SMILES string of the molecule is Cl.Cl.FC[C@@H](c1ccccc1OC(F)F)N1CCNCC1. The van der Waals surface area contributed by atoms with Crippen LogP contribution >= 0.6 is 24.8 Å². The first kappa shape index (κ1) is 20.3. The molecule has 1 fully saturated rings. The Morgan fingerprint density at radius 2 is 1.76 bits per heavy atom. The van der Waals surface area contributed by atoms with Gasteiger partial charge in [-0.05, 0) is 6.07 Å². The van der Waals surface area contributed by atoms with Crippen LogP contribution in [-0.4, -0.2) is 44.4 Å². The first-order valence-corrected chi connectivity index (χ1v) is 6.27. The van der Waals surface area contributed by atoms with Gasteiger partial charge in [0.15, 0.2) is 0 Å². The number of hydrogen-bond donors (Lipinski definition) is 1. The number of alkyl halides is 3. The molecule has 8 heteroatoms. The van der Waals surface area contributed by atoms with E-state index in [4.69, 9.17) is 0 Å². The maximum Gasteiger partial charge on any atom is 0.387 e. The van der Waals surface area contributed by atoms with Crippen molar-refractivity contribution in [2.75, 3.05) is 32.9 Å². The minimum atomic E-state index is -2.90. The molecule has 1 aliphatic heterocycles. The molecule has 1 aliphatic rings. The highest BCUT2D eigenvalue weighted by atomic mass is 35.5. The quantitative estimate of drug-likeness (QED) is 0.886. The first-order chi connectivity index (χ1) is 9.22. The minimum absolute atomic E-state index is 0. The summed E-state index contributed by atoms with van der Waals surface area (Å²) < 4.78 is 42.6. The Labute approximate surface area is 134 Å².